The van der Waals surface area contributed by atoms with Crippen molar-refractivity contribution in [3.8, 4) is 0 Å². The largest absolute Gasteiger partial charge is 0.444 e. The van der Waals surface area contributed by atoms with Gasteiger partial charge in [0.1, 0.15) is 5.76 Å². The predicted octanol–water partition coefficient (Wildman–Crippen LogP) is 2.84. The lowest BCUT2D eigenvalue weighted by Gasteiger charge is -2.03. The first-order chi connectivity index (χ1) is 6.78. The summed E-state index contributed by atoms with van der Waals surface area (Å²) in [4.78, 5) is 4.22. The fraction of sp³-hybridized carbons (Fsp3) is 0.750. The van der Waals surface area contributed by atoms with Crippen LogP contribution in [0.2, 0.25) is 0 Å². The van der Waals surface area contributed by atoms with Gasteiger partial charge in [0.2, 0.25) is 5.89 Å². The summed E-state index contributed by atoms with van der Waals surface area (Å²) in [5, 5.41) is 0. The van der Waals surface area contributed by atoms with E-state index in [4.69, 9.17) is 10.2 Å². The molecule has 1 unspecified atom stereocenters. The van der Waals surface area contributed by atoms with Crippen LogP contribution in [0.5, 0.6) is 0 Å². The van der Waals surface area contributed by atoms with E-state index in [9.17, 15) is 0 Å². The molecule has 0 amide bonds. The van der Waals surface area contributed by atoms with E-state index in [2.05, 4.69) is 32.7 Å². The molecule has 1 aromatic heterocycles. The van der Waals surface area contributed by atoms with E-state index in [1.807, 2.05) is 13.1 Å². The van der Waals surface area contributed by atoms with Crippen LogP contribution >= 0.6 is 0 Å². The van der Waals surface area contributed by atoms with Crippen molar-refractivity contribution in [1.82, 2.24) is 4.98 Å². The van der Waals surface area contributed by atoms with Crippen molar-refractivity contribution in [2.45, 2.75) is 46.6 Å². The molecule has 3 heteroatoms. The highest BCUT2D eigenvalue weighted by molar-refractivity contribution is 5.27. The average molecular weight is 208 g/mol. The Bertz CT molecular complexity index is 363. The van der Waals surface area contributed by atoms with E-state index < -0.39 is 0 Å². The van der Waals surface area contributed by atoms with Crippen molar-refractivity contribution < 1.29 is 4.42 Å². The molecule has 1 aliphatic rings. The van der Waals surface area contributed by atoms with Gasteiger partial charge in [0.15, 0.2) is 0 Å². The lowest BCUT2D eigenvalue weighted by molar-refractivity contribution is 0.417. The van der Waals surface area contributed by atoms with Crippen LogP contribution in [0.4, 0.5) is 0 Å². The Morgan fingerprint density at radius 3 is 2.20 bits per heavy atom. The molecule has 0 saturated heterocycles. The van der Waals surface area contributed by atoms with Crippen LogP contribution in [0.1, 0.15) is 58.2 Å². The second kappa shape index (κ2) is 2.85. The Morgan fingerprint density at radius 2 is 1.87 bits per heavy atom. The van der Waals surface area contributed by atoms with Gasteiger partial charge in [0.25, 0.3) is 0 Å². The Balaban J connectivity index is 2.26. The minimum absolute atomic E-state index is 0.122. The van der Waals surface area contributed by atoms with Gasteiger partial charge in [-0.1, -0.05) is 27.7 Å². The third-order valence-corrected chi connectivity index (χ3v) is 4.24. The summed E-state index contributed by atoms with van der Waals surface area (Å²) in [7, 11) is 0. The fourth-order valence-electron chi connectivity index (χ4n) is 2.55. The van der Waals surface area contributed by atoms with Crippen LogP contribution in [0.25, 0.3) is 0 Å². The summed E-state index contributed by atoms with van der Waals surface area (Å²) in [6, 6.07) is -0.122. The van der Waals surface area contributed by atoms with Gasteiger partial charge in [0.05, 0.1) is 12.2 Å². The molecule has 1 saturated carbocycles. The highest BCUT2D eigenvalue weighted by Crippen LogP contribution is 2.73. The minimum Gasteiger partial charge on any atom is -0.444 e. The maximum absolute atomic E-state index is 5.73. The Hall–Kier alpha value is -0.830. The first kappa shape index (κ1) is 10.7. The number of hydrogen-bond acceptors (Lipinski definition) is 3. The first-order valence-electron chi connectivity index (χ1n) is 5.49. The molecule has 1 aromatic rings. The Morgan fingerprint density at radius 1 is 1.33 bits per heavy atom. The summed E-state index contributed by atoms with van der Waals surface area (Å²) in [5.74, 6) is 2.09. The third kappa shape index (κ3) is 1.33. The molecule has 2 N–H and O–H groups in total. The van der Waals surface area contributed by atoms with Crippen molar-refractivity contribution in [3.05, 3.63) is 17.8 Å². The molecular weight excluding hydrogens is 188 g/mol. The average Bonchev–Trinajstić information content (AvgIpc) is 2.52. The normalized spacial score (nSPS) is 25.2. The lowest BCUT2D eigenvalue weighted by atomic mass is 10.0. The minimum atomic E-state index is -0.122. The Labute approximate surface area is 91.1 Å². The molecule has 1 atom stereocenters. The molecule has 84 valence electrons. The van der Waals surface area contributed by atoms with Crippen molar-refractivity contribution in [1.29, 1.82) is 0 Å². The molecule has 3 nitrogen and oxygen atoms in total. The maximum atomic E-state index is 5.73. The van der Waals surface area contributed by atoms with Gasteiger partial charge in [-0.25, -0.2) is 4.98 Å². The van der Waals surface area contributed by atoms with Crippen LogP contribution in [0.3, 0.4) is 0 Å². The molecular formula is C12H20N2O. The van der Waals surface area contributed by atoms with Gasteiger partial charge in [-0.05, 0) is 17.8 Å². The molecule has 0 aliphatic heterocycles. The molecule has 1 heterocycles. The van der Waals surface area contributed by atoms with E-state index in [-0.39, 0.29) is 6.04 Å². The first-order valence-corrected chi connectivity index (χ1v) is 5.49. The van der Waals surface area contributed by atoms with Crippen LogP contribution < -0.4 is 5.73 Å². The summed E-state index contributed by atoms with van der Waals surface area (Å²) < 4.78 is 5.70. The Kier molecular flexibility index (Phi) is 2.03. The van der Waals surface area contributed by atoms with E-state index >= 15 is 0 Å². The number of oxazole rings is 1. The van der Waals surface area contributed by atoms with E-state index in [1.54, 1.807) is 0 Å². The maximum Gasteiger partial charge on any atom is 0.211 e. The zero-order valence-corrected chi connectivity index (χ0v) is 10.2. The molecule has 1 fully saturated rings. The topological polar surface area (TPSA) is 52.0 Å². The highest BCUT2D eigenvalue weighted by atomic mass is 16.4. The van der Waals surface area contributed by atoms with Crippen LogP contribution in [-0.2, 0) is 0 Å². The van der Waals surface area contributed by atoms with Crippen LogP contribution in [0.15, 0.2) is 10.6 Å². The second-order valence-corrected chi connectivity index (χ2v) is 5.77. The molecule has 0 radical (unpaired) electrons. The summed E-state index contributed by atoms with van der Waals surface area (Å²) in [5.41, 5.74) is 6.31. The fourth-order valence-corrected chi connectivity index (χ4v) is 2.55. The molecule has 0 bridgehead atoms. The zero-order chi connectivity index (χ0) is 11.4. The van der Waals surface area contributed by atoms with Gasteiger partial charge in [-0.2, -0.15) is 0 Å². The summed E-state index contributed by atoms with van der Waals surface area (Å²) in [6.07, 6.45) is 1.83. The molecule has 0 aromatic carbocycles. The van der Waals surface area contributed by atoms with Gasteiger partial charge in [-0.15, -0.1) is 0 Å². The van der Waals surface area contributed by atoms with Crippen molar-refractivity contribution >= 4 is 0 Å². The van der Waals surface area contributed by atoms with Crippen LogP contribution in [-0.4, -0.2) is 4.98 Å². The van der Waals surface area contributed by atoms with E-state index in [0.29, 0.717) is 22.6 Å². The van der Waals surface area contributed by atoms with Crippen LogP contribution in [0, 0.1) is 10.8 Å². The zero-order valence-electron chi connectivity index (χ0n) is 10.2. The number of rotatable bonds is 2. The SMILES string of the molecule is CC(N)c1ncc(C2C(C)(C)C2(C)C)o1. The standard InChI is InChI=1S/C12H20N2O/c1-7(13)10-14-6-8(15-10)9-11(2,3)12(9,4)5/h6-7,9H,13H2,1-5H3. The molecule has 15 heavy (non-hydrogen) atoms. The number of aromatic nitrogens is 1. The third-order valence-electron chi connectivity index (χ3n) is 4.24. The van der Waals surface area contributed by atoms with Crippen molar-refractivity contribution in [3.63, 3.8) is 0 Å². The van der Waals surface area contributed by atoms with E-state index in [1.165, 1.54) is 0 Å². The van der Waals surface area contributed by atoms with Crippen molar-refractivity contribution in [2.75, 3.05) is 0 Å². The number of nitrogens with two attached hydrogens (primary N) is 1. The number of nitrogens with zero attached hydrogens (tertiary/aromatic N) is 1. The highest BCUT2D eigenvalue weighted by Gasteiger charge is 2.66. The summed E-state index contributed by atoms with van der Waals surface area (Å²) >= 11 is 0. The van der Waals surface area contributed by atoms with E-state index in [0.717, 1.165) is 5.76 Å². The van der Waals surface area contributed by atoms with Gasteiger partial charge >= 0.3 is 0 Å². The monoisotopic (exact) mass is 208 g/mol. The van der Waals surface area contributed by atoms with Gasteiger partial charge in [0, 0.05) is 5.92 Å². The second-order valence-electron chi connectivity index (χ2n) is 5.77. The number of hydrogen-bond donors (Lipinski definition) is 1. The molecule has 0 spiro atoms. The molecule has 2 rings (SSSR count). The van der Waals surface area contributed by atoms with Gasteiger partial charge in [-0.3, -0.25) is 0 Å². The molecule has 1 aliphatic carbocycles. The quantitative estimate of drug-likeness (QED) is 0.813. The summed E-state index contributed by atoms with van der Waals surface area (Å²) in [6.45, 7) is 11.0. The predicted molar refractivity (Wildman–Crippen MR) is 59.4 cm³/mol. The smallest absolute Gasteiger partial charge is 0.211 e. The van der Waals surface area contributed by atoms with Gasteiger partial charge < -0.3 is 10.2 Å². The lowest BCUT2D eigenvalue weighted by Crippen LogP contribution is -2.04. The van der Waals surface area contributed by atoms with Crippen molar-refractivity contribution in [2.24, 2.45) is 16.6 Å².